The standard InChI is InChI=1S/C15H17ClN2O2/c1-9-2-4-10(5-3-9)14-17-15(20-18-14)12-7-6-11(16)8-13(12)19/h6-10,19H,2-5H2,1H3. The van der Waals surface area contributed by atoms with Gasteiger partial charge >= 0.3 is 0 Å². The Morgan fingerprint density at radius 3 is 2.70 bits per heavy atom. The Morgan fingerprint density at radius 1 is 1.25 bits per heavy atom. The summed E-state index contributed by atoms with van der Waals surface area (Å²) in [4.78, 5) is 4.44. The average molecular weight is 293 g/mol. The number of nitrogens with zero attached hydrogens (tertiary/aromatic N) is 2. The quantitative estimate of drug-likeness (QED) is 0.892. The Hall–Kier alpha value is -1.55. The molecule has 0 amide bonds. The van der Waals surface area contributed by atoms with Gasteiger partial charge in [-0.15, -0.1) is 0 Å². The molecule has 0 aliphatic heterocycles. The Labute approximate surface area is 122 Å². The molecule has 1 N–H and O–H groups in total. The van der Waals surface area contributed by atoms with Crippen molar-refractivity contribution in [3.05, 3.63) is 29.0 Å². The highest BCUT2D eigenvalue weighted by atomic mass is 35.5. The van der Waals surface area contributed by atoms with E-state index >= 15 is 0 Å². The van der Waals surface area contributed by atoms with Crippen molar-refractivity contribution < 1.29 is 9.63 Å². The van der Waals surface area contributed by atoms with Gasteiger partial charge in [0.1, 0.15) is 5.75 Å². The molecule has 1 aliphatic rings. The Kier molecular flexibility index (Phi) is 3.66. The molecule has 20 heavy (non-hydrogen) atoms. The van der Waals surface area contributed by atoms with E-state index in [0.29, 0.717) is 22.4 Å². The SMILES string of the molecule is CC1CCC(c2noc(-c3ccc(Cl)cc3O)n2)CC1. The highest BCUT2D eigenvalue weighted by Gasteiger charge is 2.24. The molecule has 0 bridgehead atoms. The summed E-state index contributed by atoms with van der Waals surface area (Å²) in [7, 11) is 0. The summed E-state index contributed by atoms with van der Waals surface area (Å²) >= 11 is 5.82. The lowest BCUT2D eigenvalue weighted by molar-refractivity contribution is 0.328. The molecule has 0 saturated heterocycles. The van der Waals surface area contributed by atoms with Crippen LogP contribution in [0, 0.1) is 5.92 Å². The summed E-state index contributed by atoms with van der Waals surface area (Å²) in [6.45, 7) is 2.28. The van der Waals surface area contributed by atoms with Crippen molar-refractivity contribution in [1.82, 2.24) is 10.1 Å². The van der Waals surface area contributed by atoms with Gasteiger partial charge in [0.25, 0.3) is 5.89 Å². The van der Waals surface area contributed by atoms with Gasteiger partial charge in [0.15, 0.2) is 5.82 Å². The summed E-state index contributed by atoms with van der Waals surface area (Å²) < 4.78 is 5.29. The molecule has 0 spiro atoms. The van der Waals surface area contributed by atoms with Crippen LogP contribution in [0.1, 0.15) is 44.3 Å². The third-order valence-electron chi connectivity index (χ3n) is 4.01. The predicted molar refractivity (Wildman–Crippen MR) is 76.8 cm³/mol. The molecule has 3 rings (SSSR count). The lowest BCUT2D eigenvalue weighted by atomic mass is 9.83. The van der Waals surface area contributed by atoms with Crippen LogP contribution in [0.25, 0.3) is 11.5 Å². The van der Waals surface area contributed by atoms with Crippen LogP contribution in [0.3, 0.4) is 0 Å². The van der Waals surface area contributed by atoms with Crippen molar-refractivity contribution in [3.63, 3.8) is 0 Å². The van der Waals surface area contributed by atoms with Crippen LogP contribution in [0.15, 0.2) is 22.7 Å². The molecule has 1 heterocycles. The summed E-state index contributed by atoms with van der Waals surface area (Å²) in [5, 5.41) is 14.4. The Balaban J connectivity index is 1.83. The van der Waals surface area contributed by atoms with Gasteiger partial charge in [-0.1, -0.05) is 36.5 Å². The number of benzene rings is 1. The maximum Gasteiger partial charge on any atom is 0.261 e. The molecule has 2 aromatic rings. The molecule has 0 unspecified atom stereocenters. The second kappa shape index (κ2) is 5.44. The first kappa shape index (κ1) is 13.4. The highest BCUT2D eigenvalue weighted by molar-refractivity contribution is 6.30. The number of halogens is 1. The number of aromatic nitrogens is 2. The van der Waals surface area contributed by atoms with E-state index in [2.05, 4.69) is 17.1 Å². The molecule has 1 fully saturated rings. The minimum absolute atomic E-state index is 0.0602. The predicted octanol–water partition coefficient (Wildman–Crippen LogP) is 4.39. The van der Waals surface area contributed by atoms with Crippen LogP contribution in [0.4, 0.5) is 0 Å². The monoisotopic (exact) mass is 292 g/mol. The number of hydrogen-bond acceptors (Lipinski definition) is 4. The summed E-state index contributed by atoms with van der Waals surface area (Å²) in [6.07, 6.45) is 4.63. The molecule has 0 radical (unpaired) electrons. The fraction of sp³-hybridized carbons (Fsp3) is 0.467. The number of hydrogen-bond donors (Lipinski definition) is 1. The summed E-state index contributed by atoms with van der Waals surface area (Å²) in [5.74, 6) is 2.33. The molecular weight excluding hydrogens is 276 g/mol. The maximum absolute atomic E-state index is 9.89. The molecule has 1 aliphatic carbocycles. The minimum atomic E-state index is 0.0602. The lowest BCUT2D eigenvalue weighted by Crippen LogP contribution is -2.11. The van der Waals surface area contributed by atoms with Crippen molar-refractivity contribution in [1.29, 1.82) is 0 Å². The van der Waals surface area contributed by atoms with E-state index in [1.54, 1.807) is 12.1 Å². The van der Waals surface area contributed by atoms with E-state index in [0.717, 1.165) is 24.6 Å². The third kappa shape index (κ3) is 2.66. The second-order valence-corrected chi connectivity index (χ2v) is 6.01. The van der Waals surface area contributed by atoms with Gasteiger partial charge in [-0.05, 0) is 37.0 Å². The number of rotatable bonds is 2. The van der Waals surface area contributed by atoms with Crippen LogP contribution >= 0.6 is 11.6 Å². The summed E-state index contributed by atoms with van der Waals surface area (Å²) in [6, 6.07) is 4.86. The van der Waals surface area contributed by atoms with Crippen LogP contribution in [-0.2, 0) is 0 Å². The van der Waals surface area contributed by atoms with E-state index < -0.39 is 0 Å². The van der Waals surface area contributed by atoms with Crippen molar-refractivity contribution in [2.24, 2.45) is 5.92 Å². The van der Waals surface area contributed by atoms with Gasteiger partial charge in [-0.2, -0.15) is 4.98 Å². The number of phenols is 1. The Bertz CT molecular complexity index is 604. The van der Waals surface area contributed by atoms with Crippen LogP contribution < -0.4 is 0 Å². The number of phenolic OH excluding ortho intramolecular Hbond substituents is 1. The van der Waals surface area contributed by atoms with E-state index in [-0.39, 0.29) is 5.75 Å². The topological polar surface area (TPSA) is 59.2 Å². The van der Waals surface area contributed by atoms with E-state index in [9.17, 15) is 5.11 Å². The lowest BCUT2D eigenvalue weighted by Gasteiger charge is -2.23. The number of aromatic hydroxyl groups is 1. The van der Waals surface area contributed by atoms with Gasteiger partial charge in [-0.25, -0.2) is 0 Å². The molecule has 5 heteroatoms. The van der Waals surface area contributed by atoms with Crippen molar-refractivity contribution in [2.75, 3.05) is 0 Å². The molecule has 0 atom stereocenters. The first-order valence-electron chi connectivity index (χ1n) is 6.96. The molecule has 106 valence electrons. The van der Waals surface area contributed by atoms with Crippen molar-refractivity contribution in [3.8, 4) is 17.2 Å². The first-order chi connectivity index (χ1) is 9.63. The van der Waals surface area contributed by atoms with Crippen molar-refractivity contribution in [2.45, 2.75) is 38.5 Å². The minimum Gasteiger partial charge on any atom is -0.507 e. The van der Waals surface area contributed by atoms with Crippen LogP contribution in [-0.4, -0.2) is 15.2 Å². The van der Waals surface area contributed by atoms with Crippen molar-refractivity contribution >= 4 is 11.6 Å². The fourth-order valence-electron chi connectivity index (χ4n) is 2.71. The zero-order chi connectivity index (χ0) is 14.1. The third-order valence-corrected chi connectivity index (χ3v) is 4.25. The van der Waals surface area contributed by atoms with Gasteiger partial charge in [-0.3, -0.25) is 0 Å². The smallest absolute Gasteiger partial charge is 0.261 e. The van der Waals surface area contributed by atoms with Crippen LogP contribution in [0.2, 0.25) is 5.02 Å². The Morgan fingerprint density at radius 2 is 2.00 bits per heavy atom. The van der Waals surface area contributed by atoms with Crippen LogP contribution in [0.5, 0.6) is 5.75 Å². The second-order valence-electron chi connectivity index (χ2n) is 5.58. The molecule has 4 nitrogen and oxygen atoms in total. The zero-order valence-corrected chi connectivity index (χ0v) is 12.1. The molecular formula is C15H17ClN2O2. The fourth-order valence-corrected chi connectivity index (χ4v) is 2.88. The van der Waals surface area contributed by atoms with E-state index in [1.807, 2.05) is 0 Å². The highest BCUT2D eigenvalue weighted by Crippen LogP contribution is 2.36. The molecule has 1 aromatic carbocycles. The molecule has 1 aromatic heterocycles. The normalized spacial score (nSPS) is 22.9. The molecule has 1 saturated carbocycles. The summed E-state index contributed by atoms with van der Waals surface area (Å²) in [5.41, 5.74) is 0.525. The van der Waals surface area contributed by atoms with Gasteiger partial charge in [0, 0.05) is 10.9 Å². The van der Waals surface area contributed by atoms with Gasteiger partial charge in [0.2, 0.25) is 0 Å². The largest absolute Gasteiger partial charge is 0.507 e. The van der Waals surface area contributed by atoms with E-state index in [1.165, 1.54) is 18.9 Å². The zero-order valence-electron chi connectivity index (χ0n) is 11.3. The first-order valence-corrected chi connectivity index (χ1v) is 7.34. The van der Waals surface area contributed by atoms with E-state index in [4.69, 9.17) is 16.1 Å². The van der Waals surface area contributed by atoms with Gasteiger partial charge < -0.3 is 9.63 Å². The average Bonchev–Trinajstić information content (AvgIpc) is 2.89. The van der Waals surface area contributed by atoms with Gasteiger partial charge in [0.05, 0.1) is 5.56 Å². The maximum atomic E-state index is 9.89.